The van der Waals surface area contributed by atoms with E-state index in [0.717, 1.165) is 11.1 Å². The van der Waals surface area contributed by atoms with Crippen molar-refractivity contribution in [3.05, 3.63) is 64.2 Å². The number of fused-ring (bicyclic) bond motifs is 3. The van der Waals surface area contributed by atoms with Crippen LogP contribution in [0.15, 0.2) is 36.1 Å². The summed E-state index contributed by atoms with van der Waals surface area (Å²) in [5.74, 6) is 0.873. The van der Waals surface area contributed by atoms with E-state index < -0.39 is 15.7 Å². The van der Waals surface area contributed by atoms with Gasteiger partial charge >= 0.3 is 0 Å². The molecule has 0 spiro atoms. The van der Waals surface area contributed by atoms with E-state index in [1.165, 1.54) is 18.2 Å². The first-order valence-electron chi connectivity index (χ1n) is 9.74. The van der Waals surface area contributed by atoms with E-state index in [1.54, 1.807) is 12.1 Å². The minimum absolute atomic E-state index is 0.112. The van der Waals surface area contributed by atoms with E-state index >= 15 is 0 Å². The predicted molar refractivity (Wildman–Crippen MR) is 109 cm³/mol. The fourth-order valence-corrected chi connectivity index (χ4v) is 6.05. The molecule has 0 aromatic heterocycles. The Balaban J connectivity index is 1.50. The lowest BCUT2D eigenvalue weighted by Gasteiger charge is -2.33. The molecule has 0 aliphatic carbocycles. The maximum Gasteiger partial charge on any atom is 0.232 e. The number of carbonyl (C=O) groups is 1. The Morgan fingerprint density at radius 3 is 2.83 bits per heavy atom. The number of allylic oxidation sites excluding steroid dienone is 1. The van der Waals surface area contributed by atoms with Gasteiger partial charge in [0.05, 0.1) is 22.6 Å². The van der Waals surface area contributed by atoms with Crippen molar-refractivity contribution in [3.8, 4) is 11.5 Å². The van der Waals surface area contributed by atoms with Gasteiger partial charge in [-0.15, -0.1) is 0 Å². The number of benzene rings is 2. The second-order valence-electron chi connectivity index (χ2n) is 7.95. The normalized spacial score (nSPS) is 23.7. The minimum Gasteiger partial charge on any atom is -0.478 e. The van der Waals surface area contributed by atoms with Crippen LogP contribution < -0.4 is 9.47 Å². The topological polar surface area (TPSA) is 72.9 Å². The molecule has 156 valence electrons. The molecule has 3 aliphatic heterocycles. The lowest BCUT2D eigenvalue weighted by molar-refractivity contribution is 0.0633. The number of ketones is 1. The average Bonchev–Trinajstić information content (AvgIpc) is 3.22. The number of halogens is 1. The number of sulfone groups is 1. The van der Waals surface area contributed by atoms with Crippen molar-refractivity contribution in [2.24, 2.45) is 0 Å². The van der Waals surface area contributed by atoms with E-state index in [-0.39, 0.29) is 29.1 Å². The first-order valence-corrected chi connectivity index (χ1v) is 11.6. The highest BCUT2D eigenvalue weighted by Gasteiger charge is 2.39. The monoisotopic (exact) mass is 429 g/mol. The predicted octanol–water partition coefficient (Wildman–Crippen LogP) is 3.09. The van der Waals surface area contributed by atoms with E-state index in [4.69, 9.17) is 9.47 Å². The molecule has 3 aliphatic rings. The van der Waals surface area contributed by atoms with E-state index in [0.29, 0.717) is 42.3 Å². The highest BCUT2D eigenvalue weighted by molar-refractivity contribution is 7.91. The molecule has 2 aromatic rings. The van der Waals surface area contributed by atoms with Crippen molar-refractivity contribution >= 4 is 21.7 Å². The highest BCUT2D eigenvalue weighted by Crippen LogP contribution is 2.44. The van der Waals surface area contributed by atoms with Crippen LogP contribution in [0.2, 0.25) is 0 Å². The van der Waals surface area contributed by atoms with E-state index in [2.05, 4.69) is 0 Å². The molecular weight excluding hydrogens is 409 g/mol. The summed E-state index contributed by atoms with van der Waals surface area (Å²) in [6.07, 6.45) is 2.10. The molecule has 0 amide bonds. The van der Waals surface area contributed by atoms with Gasteiger partial charge in [0, 0.05) is 12.6 Å². The van der Waals surface area contributed by atoms with Crippen LogP contribution in [0.1, 0.15) is 33.5 Å². The minimum atomic E-state index is -3.02. The molecule has 8 heteroatoms. The summed E-state index contributed by atoms with van der Waals surface area (Å²) in [6, 6.07) is 7.65. The van der Waals surface area contributed by atoms with Gasteiger partial charge in [0.15, 0.2) is 15.6 Å². The quantitative estimate of drug-likeness (QED) is 0.684. The van der Waals surface area contributed by atoms with E-state index in [9.17, 15) is 17.6 Å². The van der Waals surface area contributed by atoms with Crippen LogP contribution in [-0.2, 0) is 16.4 Å². The van der Waals surface area contributed by atoms with Gasteiger partial charge in [0.1, 0.15) is 24.0 Å². The Morgan fingerprint density at radius 1 is 1.27 bits per heavy atom. The lowest BCUT2D eigenvalue weighted by atomic mass is 9.98. The summed E-state index contributed by atoms with van der Waals surface area (Å²) in [5.41, 5.74) is 2.49. The number of hydrogen-bond donors (Lipinski definition) is 0. The van der Waals surface area contributed by atoms with Crippen molar-refractivity contribution in [3.63, 3.8) is 0 Å². The number of rotatable bonds is 2. The second-order valence-corrected chi connectivity index (χ2v) is 10.2. The zero-order valence-electron chi connectivity index (χ0n) is 16.4. The van der Waals surface area contributed by atoms with Gasteiger partial charge in [-0.3, -0.25) is 9.69 Å². The standard InChI is InChI=1S/C22H20FNO5S/c1-13-7-18-17(10-24(12-28-18)16-5-6-30(26,27)11-16)22-20(13)21(25)19(29-22)9-14-3-2-4-15(23)8-14/h2-4,7-9,16H,5-6,10-12H2,1H3/b19-9-. The molecular formula is C22H20FNO5S. The molecule has 0 N–H and O–H groups in total. The van der Waals surface area contributed by atoms with Crippen LogP contribution in [0.4, 0.5) is 4.39 Å². The van der Waals surface area contributed by atoms with Gasteiger partial charge < -0.3 is 9.47 Å². The van der Waals surface area contributed by atoms with Crippen LogP contribution in [0.25, 0.3) is 6.08 Å². The van der Waals surface area contributed by atoms with Crippen LogP contribution in [0.3, 0.4) is 0 Å². The summed E-state index contributed by atoms with van der Waals surface area (Å²) in [7, 11) is -3.02. The van der Waals surface area contributed by atoms with Gasteiger partial charge in [-0.05, 0) is 48.7 Å². The molecule has 1 saturated heterocycles. The summed E-state index contributed by atoms with van der Waals surface area (Å²) in [6.45, 7) is 2.56. The van der Waals surface area contributed by atoms with Crippen LogP contribution in [0, 0.1) is 12.7 Å². The SMILES string of the molecule is Cc1cc2c(c3c1C(=O)/C(=C/c1cccc(F)c1)O3)CN(C1CCS(=O)(=O)C1)CO2. The van der Waals surface area contributed by atoms with E-state index in [1.807, 2.05) is 17.9 Å². The molecule has 6 nitrogen and oxygen atoms in total. The third-order valence-electron chi connectivity index (χ3n) is 5.82. The summed E-state index contributed by atoms with van der Waals surface area (Å²) in [5, 5.41) is 0. The van der Waals surface area contributed by atoms with Crippen molar-refractivity contribution in [2.45, 2.75) is 25.9 Å². The molecule has 1 fully saturated rings. The Bertz CT molecular complexity index is 1200. The molecule has 2 aromatic carbocycles. The van der Waals surface area contributed by atoms with Crippen molar-refractivity contribution in [1.82, 2.24) is 4.90 Å². The largest absolute Gasteiger partial charge is 0.478 e. The highest BCUT2D eigenvalue weighted by atomic mass is 32.2. The average molecular weight is 429 g/mol. The molecule has 0 radical (unpaired) electrons. The fraction of sp³-hybridized carbons (Fsp3) is 0.318. The van der Waals surface area contributed by atoms with Gasteiger partial charge in [0.25, 0.3) is 0 Å². The first-order chi connectivity index (χ1) is 14.3. The van der Waals surface area contributed by atoms with Crippen molar-refractivity contribution in [1.29, 1.82) is 0 Å². The van der Waals surface area contributed by atoms with Crippen LogP contribution in [0.5, 0.6) is 11.5 Å². The smallest absolute Gasteiger partial charge is 0.232 e. The third kappa shape index (κ3) is 3.30. The molecule has 0 saturated carbocycles. The van der Waals surface area contributed by atoms with Crippen LogP contribution in [-0.4, -0.2) is 43.4 Å². The zero-order chi connectivity index (χ0) is 21.0. The second kappa shape index (κ2) is 6.92. The summed E-state index contributed by atoms with van der Waals surface area (Å²) < 4.78 is 49.1. The van der Waals surface area contributed by atoms with Gasteiger partial charge in [-0.2, -0.15) is 0 Å². The Hall–Kier alpha value is -2.71. The zero-order valence-corrected chi connectivity index (χ0v) is 17.2. The van der Waals surface area contributed by atoms with Crippen molar-refractivity contribution in [2.75, 3.05) is 18.2 Å². The number of carbonyl (C=O) groups excluding carboxylic acids is 1. The maximum atomic E-state index is 13.5. The number of nitrogens with zero attached hydrogens (tertiary/aromatic N) is 1. The number of ether oxygens (including phenoxy) is 2. The lowest BCUT2D eigenvalue weighted by Crippen LogP contribution is -2.41. The Kier molecular flexibility index (Phi) is 4.44. The Morgan fingerprint density at radius 2 is 2.10 bits per heavy atom. The molecule has 5 rings (SSSR count). The van der Waals surface area contributed by atoms with Gasteiger partial charge in [-0.25, -0.2) is 12.8 Å². The maximum absolute atomic E-state index is 13.5. The first kappa shape index (κ1) is 19.3. The number of Topliss-reactive ketones (excluding diaryl/α,β-unsaturated/α-hetero) is 1. The fourth-order valence-electron chi connectivity index (χ4n) is 4.29. The molecule has 0 bridgehead atoms. The molecule has 30 heavy (non-hydrogen) atoms. The molecule has 1 atom stereocenters. The Labute approximate surface area is 173 Å². The van der Waals surface area contributed by atoms with Gasteiger partial charge in [-0.1, -0.05) is 12.1 Å². The number of aryl methyl sites for hydroxylation is 1. The molecule has 1 unspecified atom stereocenters. The summed E-state index contributed by atoms with van der Waals surface area (Å²) >= 11 is 0. The third-order valence-corrected chi connectivity index (χ3v) is 7.57. The number of hydrogen-bond acceptors (Lipinski definition) is 6. The van der Waals surface area contributed by atoms with Crippen molar-refractivity contribution < 1.29 is 27.1 Å². The van der Waals surface area contributed by atoms with Crippen LogP contribution >= 0.6 is 0 Å². The van der Waals surface area contributed by atoms with Gasteiger partial charge in [0.2, 0.25) is 5.78 Å². The molecule has 3 heterocycles. The summed E-state index contributed by atoms with van der Waals surface area (Å²) in [4.78, 5) is 15.0.